The molecule has 0 aliphatic rings. The van der Waals surface area contributed by atoms with Crippen LogP contribution in [0.1, 0.15) is 11.4 Å². The second-order valence-electron chi connectivity index (χ2n) is 5.56. The van der Waals surface area contributed by atoms with E-state index in [9.17, 15) is 5.26 Å². The molecular formula is C18H11ClN6O. The molecule has 0 atom stereocenters. The van der Waals surface area contributed by atoms with Gasteiger partial charge in [0.25, 0.3) is 0 Å². The summed E-state index contributed by atoms with van der Waals surface area (Å²) in [5.41, 5.74) is 8.88. The van der Waals surface area contributed by atoms with Crippen LogP contribution in [0.3, 0.4) is 0 Å². The summed E-state index contributed by atoms with van der Waals surface area (Å²) in [6, 6.07) is 9.12. The van der Waals surface area contributed by atoms with E-state index in [1.807, 2.05) is 13.0 Å². The zero-order valence-corrected chi connectivity index (χ0v) is 14.3. The van der Waals surface area contributed by atoms with Crippen LogP contribution >= 0.6 is 11.6 Å². The van der Waals surface area contributed by atoms with E-state index in [2.05, 4.69) is 26.0 Å². The maximum absolute atomic E-state index is 9.58. The predicted molar refractivity (Wildman–Crippen MR) is 97.1 cm³/mol. The number of nitriles is 1. The first-order valence-electron chi connectivity index (χ1n) is 7.61. The van der Waals surface area contributed by atoms with Gasteiger partial charge in [0.2, 0.25) is 5.95 Å². The first-order valence-corrected chi connectivity index (χ1v) is 7.99. The third-order valence-corrected chi connectivity index (χ3v) is 4.25. The van der Waals surface area contributed by atoms with Crippen LogP contribution in [0, 0.1) is 18.3 Å². The average Bonchev–Trinajstić information content (AvgIpc) is 3.16. The molecule has 0 unspecified atom stereocenters. The Morgan fingerprint density at radius 3 is 2.81 bits per heavy atom. The Hall–Kier alpha value is -3.50. The Kier molecular flexibility index (Phi) is 3.75. The number of aromatic nitrogens is 4. The normalized spacial score (nSPS) is 10.8. The Bertz CT molecular complexity index is 1180. The molecule has 126 valence electrons. The van der Waals surface area contributed by atoms with Gasteiger partial charge in [0.05, 0.1) is 16.8 Å². The van der Waals surface area contributed by atoms with Gasteiger partial charge in [-0.15, -0.1) is 0 Å². The molecule has 0 fully saturated rings. The maximum atomic E-state index is 9.58. The minimum absolute atomic E-state index is 0.0110. The number of hydrogen-bond donors (Lipinski definition) is 1. The molecule has 1 aromatic carbocycles. The lowest BCUT2D eigenvalue weighted by atomic mass is 9.98. The van der Waals surface area contributed by atoms with Crippen molar-refractivity contribution in [1.82, 2.24) is 19.9 Å². The zero-order chi connectivity index (χ0) is 18.3. The fraction of sp³-hybridized carbons (Fsp3) is 0.0556. The van der Waals surface area contributed by atoms with Crippen LogP contribution < -0.4 is 5.73 Å². The second kappa shape index (κ2) is 6.10. The second-order valence-corrected chi connectivity index (χ2v) is 5.96. The van der Waals surface area contributed by atoms with Gasteiger partial charge in [0, 0.05) is 16.6 Å². The molecule has 7 nitrogen and oxygen atoms in total. The average molecular weight is 363 g/mol. The predicted octanol–water partition coefficient (Wildman–Crippen LogP) is 3.76. The summed E-state index contributed by atoms with van der Waals surface area (Å²) in [4.78, 5) is 16.8. The topological polar surface area (TPSA) is 115 Å². The number of benzene rings is 1. The number of nitrogens with zero attached hydrogens (tertiary/aromatic N) is 5. The minimum Gasteiger partial charge on any atom is -0.463 e. The van der Waals surface area contributed by atoms with Gasteiger partial charge in [0.1, 0.15) is 18.1 Å². The van der Waals surface area contributed by atoms with Crippen LogP contribution in [0.4, 0.5) is 5.95 Å². The molecule has 0 aliphatic heterocycles. The molecule has 0 amide bonds. The van der Waals surface area contributed by atoms with Gasteiger partial charge in [-0.1, -0.05) is 11.6 Å². The van der Waals surface area contributed by atoms with E-state index < -0.39 is 0 Å². The highest BCUT2D eigenvalue weighted by atomic mass is 35.5. The molecule has 0 bridgehead atoms. The monoisotopic (exact) mass is 362 g/mol. The van der Waals surface area contributed by atoms with Crippen molar-refractivity contribution < 1.29 is 4.42 Å². The first-order chi connectivity index (χ1) is 12.6. The summed E-state index contributed by atoms with van der Waals surface area (Å²) in [5, 5.41) is 10.8. The third kappa shape index (κ3) is 2.53. The number of nitrogens with two attached hydrogens (primary N) is 1. The van der Waals surface area contributed by atoms with E-state index in [1.165, 1.54) is 12.6 Å². The Morgan fingerprint density at radius 1 is 1.23 bits per heavy atom. The number of anilines is 1. The Labute approximate surface area is 153 Å². The molecule has 0 saturated carbocycles. The SMILES string of the molecule is Cc1ncnc2c(Cl)cc(-c3c(C#N)nc(N)nc3-c3ccco3)cc12. The van der Waals surface area contributed by atoms with E-state index in [0.29, 0.717) is 33.1 Å². The molecule has 26 heavy (non-hydrogen) atoms. The number of nitrogen functional groups attached to an aromatic ring is 1. The summed E-state index contributed by atoms with van der Waals surface area (Å²) >= 11 is 6.43. The molecule has 4 rings (SSSR count). The Balaban J connectivity index is 2.09. The lowest BCUT2D eigenvalue weighted by Gasteiger charge is -2.12. The van der Waals surface area contributed by atoms with E-state index in [4.69, 9.17) is 21.8 Å². The number of rotatable bonds is 2. The largest absolute Gasteiger partial charge is 0.463 e. The summed E-state index contributed by atoms with van der Waals surface area (Å²) in [6.45, 7) is 1.86. The molecule has 8 heteroatoms. The quantitative estimate of drug-likeness (QED) is 0.577. The molecule has 3 heterocycles. The summed E-state index contributed by atoms with van der Waals surface area (Å²) in [7, 11) is 0. The molecule has 3 aromatic heterocycles. The lowest BCUT2D eigenvalue weighted by molar-refractivity contribution is 0.580. The fourth-order valence-corrected chi connectivity index (χ4v) is 3.09. The van der Waals surface area contributed by atoms with Crippen molar-refractivity contribution in [3.8, 4) is 28.7 Å². The van der Waals surface area contributed by atoms with Crippen molar-refractivity contribution in [3.63, 3.8) is 0 Å². The highest BCUT2D eigenvalue weighted by molar-refractivity contribution is 6.35. The zero-order valence-electron chi connectivity index (χ0n) is 13.6. The fourth-order valence-electron chi connectivity index (χ4n) is 2.82. The number of hydrogen-bond acceptors (Lipinski definition) is 7. The number of fused-ring (bicyclic) bond motifs is 1. The van der Waals surface area contributed by atoms with Gasteiger partial charge in [-0.05, 0) is 36.8 Å². The molecule has 0 spiro atoms. The first kappa shape index (κ1) is 16.0. The van der Waals surface area contributed by atoms with E-state index in [0.717, 1.165) is 11.1 Å². The molecule has 0 saturated heterocycles. The van der Waals surface area contributed by atoms with Crippen LogP contribution in [-0.4, -0.2) is 19.9 Å². The third-order valence-electron chi connectivity index (χ3n) is 3.97. The Morgan fingerprint density at radius 2 is 2.08 bits per heavy atom. The van der Waals surface area contributed by atoms with Crippen LogP contribution in [0.15, 0.2) is 41.3 Å². The van der Waals surface area contributed by atoms with Crippen LogP contribution in [0.25, 0.3) is 33.5 Å². The molecule has 0 aliphatic carbocycles. The van der Waals surface area contributed by atoms with Crippen LogP contribution in [0.5, 0.6) is 0 Å². The van der Waals surface area contributed by atoms with E-state index >= 15 is 0 Å². The molecule has 2 N–H and O–H groups in total. The van der Waals surface area contributed by atoms with Crippen molar-refractivity contribution in [2.45, 2.75) is 6.92 Å². The minimum atomic E-state index is -0.0110. The number of furan rings is 1. The summed E-state index contributed by atoms with van der Waals surface area (Å²) < 4.78 is 5.46. The van der Waals surface area contributed by atoms with Gasteiger partial charge in [-0.3, -0.25) is 0 Å². The maximum Gasteiger partial charge on any atom is 0.221 e. The van der Waals surface area contributed by atoms with Crippen LogP contribution in [-0.2, 0) is 0 Å². The standard InChI is InChI=1S/C18H11ClN6O/c1-9-11-5-10(6-12(19)16(11)23-8-22-9)15-13(7-20)24-18(21)25-17(15)14-3-2-4-26-14/h2-6,8H,1H3,(H2,21,24,25). The molecular weight excluding hydrogens is 352 g/mol. The van der Waals surface area contributed by atoms with Crippen molar-refractivity contribution in [2.75, 3.05) is 5.73 Å². The highest BCUT2D eigenvalue weighted by Gasteiger charge is 2.20. The lowest BCUT2D eigenvalue weighted by Crippen LogP contribution is -2.03. The van der Waals surface area contributed by atoms with Gasteiger partial charge in [-0.25, -0.2) is 19.9 Å². The van der Waals surface area contributed by atoms with Crippen LogP contribution in [0.2, 0.25) is 5.02 Å². The molecule has 0 radical (unpaired) electrons. The van der Waals surface area contributed by atoms with Crippen molar-refractivity contribution in [3.05, 3.63) is 53.3 Å². The summed E-state index contributed by atoms with van der Waals surface area (Å²) in [5.74, 6) is 0.464. The number of halogens is 1. The van der Waals surface area contributed by atoms with Crippen molar-refractivity contribution in [1.29, 1.82) is 5.26 Å². The van der Waals surface area contributed by atoms with Gasteiger partial charge < -0.3 is 10.2 Å². The van der Waals surface area contributed by atoms with Crippen molar-refractivity contribution in [2.24, 2.45) is 0 Å². The van der Waals surface area contributed by atoms with Gasteiger partial charge in [0.15, 0.2) is 11.5 Å². The molecule has 4 aromatic rings. The van der Waals surface area contributed by atoms with Gasteiger partial charge in [-0.2, -0.15) is 5.26 Å². The van der Waals surface area contributed by atoms with Crippen molar-refractivity contribution >= 4 is 28.5 Å². The van der Waals surface area contributed by atoms with E-state index in [1.54, 1.807) is 18.2 Å². The smallest absolute Gasteiger partial charge is 0.221 e. The van der Waals surface area contributed by atoms with Gasteiger partial charge >= 0.3 is 0 Å². The number of aryl methyl sites for hydroxylation is 1. The van der Waals surface area contributed by atoms with E-state index in [-0.39, 0.29) is 11.6 Å². The highest BCUT2D eigenvalue weighted by Crippen LogP contribution is 2.37. The summed E-state index contributed by atoms with van der Waals surface area (Å²) in [6.07, 6.45) is 2.99.